The van der Waals surface area contributed by atoms with Crippen LogP contribution in [0.2, 0.25) is 0 Å². The summed E-state index contributed by atoms with van der Waals surface area (Å²) >= 11 is 0. The second kappa shape index (κ2) is 7.84. The van der Waals surface area contributed by atoms with Crippen molar-refractivity contribution < 1.29 is 19.4 Å². The normalized spacial score (nSPS) is 18.2. The molecule has 9 heteroatoms. The molecule has 1 atom stereocenters. The fraction of sp³-hybridized carbons (Fsp3) is 0.467. The molecule has 1 saturated heterocycles. The van der Waals surface area contributed by atoms with Crippen LogP contribution < -0.4 is 4.74 Å². The van der Waals surface area contributed by atoms with Gasteiger partial charge in [0.2, 0.25) is 0 Å². The van der Waals surface area contributed by atoms with E-state index in [1.54, 1.807) is 23.1 Å². The van der Waals surface area contributed by atoms with Crippen molar-refractivity contribution in [3.8, 4) is 11.4 Å². The van der Waals surface area contributed by atoms with Crippen LogP contribution in [-0.4, -0.2) is 75.6 Å². The third-order valence-electron chi connectivity index (χ3n) is 3.74. The van der Waals surface area contributed by atoms with E-state index in [0.29, 0.717) is 32.1 Å². The molecule has 0 unspecified atom stereocenters. The predicted octanol–water partition coefficient (Wildman–Crippen LogP) is -0.492. The number of aliphatic hydroxyl groups is 1. The molecule has 0 saturated carbocycles. The molecular weight excluding hydrogens is 314 g/mol. The molecule has 0 aliphatic carbocycles. The van der Waals surface area contributed by atoms with Crippen LogP contribution in [0.15, 0.2) is 30.6 Å². The molecule has 9 nitrogen and oxygen atoms in total. The standard InChI is InChI=1S/C15H19N5O4/c21-8-12-7-19(4-5-23-9-12)15(22)10-24-14-3-1-2-13(6-14)20-11-16-17-18-20/h1-3,6,11-12,21H,4-5,7-10H2/t12-/m1/s1. The van der Waals surface area contributed by atoms with E-state index < -0.39 is 0 Å². The number of aromatic nitrogens is 4. The number of ether oxygens (including phenoxy) is 2. The van der Waals surface area contributed by atoms with Gasteiger partial charge in [-0.05, 0) is 22.6 Å². The Morgan fingerprint density at radius 3 is 3.17 bits per heavy atom. The third kappa shape index (κ3) is 4.06. The number of nitrogens with zero attached hydrogens (tertiary/aromatic N) is 5. The molecule has 1 aliphatic heterocycles. The summed E-state index contributed by atoms with van der Waals surface area (Å²) in [4.78, 5) is 14.0. The first kappa shape index (κ1) is 16.3. The Balaban J connectivity index is 1.59. The molecule has 1 aromatic carbocycles. The number of rotatable bonds is 5. The lowest BCUT2D eigenvalue weighted by Gasteiger charge is -2.22. The Kier molecular flexibility index (Phi) is 5.34. The van der Waals surface area contributed by atoms with Crippen LogP contribution in [0.4, 0.5) is 0 Å². The van der Waals surface area contributed by atoms with Gasteiger partial charge in [0, 0.05) is 31.7 Å². The molecule has 0 spiro atoms. The van der Waals surface area contributed by atoms with Gasteiger partial charge in [-0.25, -0.2) is 4.68 Å². The van der Waals surface area contributed by atoms with Crippen LogP contribution in [0.5, 0.6) is 5.75 Å². The first-order valence-electron chi connectivity index (χ1n) is 7.69. The second-order valence-corrected chi connectivity index (χ2v) is 5.50. The van der Waals surface area contributed by atoms with Crippen LogP contribution in [-0.2, 0) is 9.53 Å². The van der Waals surface area contributed by atoms with Gasteiger partial charge >= 0.3 is 0 Å². The molecule has 0 radical (unpaired) electrons. The van der Waals surface area contributed by atoms with E-state index in [4.69, 9.17) is 9.47 Å². The molecule has 24 heavy (non-hydrogen) atoms. The van der Waals surface area contributed by atoms with E-state index in [9.17, 15) is 9.90 Å². The Labute approximate surface area is 138 Å². The molecule has 1 aromatic heterocycles. The SMILES string of the molecule is O=C(COc1cccc(-n2cnnn2)c1)N1CCOC[C@@H](CO)C1. The minimum atomic E-state index is -0.133. The number of hydrogen-bond donors (Lipinski definition) is 1. The van der Waals surface area contributed by atoms with Crippen molar-refractivity contribution in [1.82, 2.24) is 25.1 Å². The number of amides is 1. The Morgan fingerprint density at radius 2 is 2.38 bits per heavy atom. The third-order valence-corrected chi connectivity index (χ3v) is 3.74. The fourth-order valence-corrected chi connectivity index (χ4v) is 2.45. The highest BCUT2D eigenvalue weighted by Crippen LogP contribution is 2.16. The van der Waals surface area contributed by atoms with Gasteiger partial charge in [0.25, 0.3) is 5.91 Å². The molecular formula is C15H19N5O4. The number of carbonyl (C=O) groups excluding carboxylic acids is 1. The quantitative estimate of drug-likeness (QED) is 0.787. The van der Waals surface area contributed by atoms with E-state index in [-0.39, 0.29) is 25.0 Å². The highest BCUT2D eigenvalue weighted by Gasteiger charge is 2.22. The summed E-state index contributed by atoms with van der Waals surface area (Å²) in [7, 11) is 0. The summed E-state index contributed by atoms with van der Waals surface area (Å²) in [5.74, 6) is 0.368. The lowest BCUT2D eigenvalue weighted by atomic mass is 10.1. The van der Waals surface area contributed by atoms with Crippen LogP contribution in [0.3, 0.4) is 0 Å². The molecule has 2 aromatic rings. The summed E-state index contributed by atoms with van der Waals surface area (Å²) in [6.07, 6.45) is 1.48. The van der Waals surface area contributed by atoms with E-state index in [1.165, 1.54) is 11.0 Å². The van der Waals surface area contributed by atoms with Crippen molar-refractivity contribution in [2.75, 3.05) is 39.5 Å². The Hall–Kier alpha value is -2.52. The molecule has 1 amide bonds. The maximum Gasteiger partial charge on any atom is 0.260 e. The van der Waals surface area contributed by atoms with Gasteiger partial charge < -0.3 is 19.5 Å². The minimum Gasteiger partial charge on any atom is -0.484 e. The largest absolute Gasteiger partial charge is 0.484 e. The van der Waals surface area contributed by atoms with Crippen LogP contribution in [0.25, 0.3) is 5.69 Å². The molecule has 128 valence electrons. The topological polar surface area (TPSA) is 103 Å². The number of hydrogen-bond acceptors (Lipinski definition) is 7. The predicted molar refractivity (Wildman–Crippen MR) is 82.6 cm³/mol. The summed E-state index contributed by atoms with van der Waals surface area (Å²) in [5.41, 5.74) is 0.744. The van der Waals surface area contributed by atoms with Crippen molar-refractivity contribution in [2.24, 2.45) is 5.92 Å². The Morgan fingerprint density at radius 1 is 1.46 bits per heavy atom. The number of tetrazole rings is 1. The highest BCUT2D eigenvalue weighted by molar-refractivity contribution is 5.77. The first-order chi connectivity index (χ1) is 11.8. The zero-order chi connectivity index (χ0) is 16.8. The number of benzene rings is 1. The van der Waals surface area contributed by atoms with E-state index in [1.807, 2.05) is 6.07 Å². The maximum absolute atomic E-state index is 12.3. The van der Waals surface area contributed by atoms with Crippen molar-refractivity contribution in [1.29, 1.82) is 0 Å². The average Bonchev–Trinajstić information content (AvgIpc) is 3.05. The average molecular weight is 333 g/mol. The Bertz CT molecular complexity index is 664. The molecule has 2 heterocycles. The fourth-order valence-electron chi connectivity index (χ4n) is 2.45. The van der Waals surface area contributed by atoms with Gasteiger partial charge in [0.15, 0.2) is 6.61 Å². The van der Waals surface area contributed by atoms with E-state index in [0.717, 1.165) is 5.69 Å². The number of carbonyl (C=O) groups is 1. The second-order valence-electron chi connectivity index (χ2n) is 5.50. The van der Waals surface area contributed by atoms with Gasteiger partial charge in [0.05, 0.1) is 18.9 Å². The van der Waals surface area contributed by atoms with Crippen molar-refractivity contribution in [3.05, 3.63) is 30.6 Å². The van der Waals surface area contributed by atoms with Gasteiger partial charge in [0.1, 0.15) is 12.1 Å². The van der Waals surface area contributed by atoms with Crippen LogP contribution in [0, 0.1) is 5.92 Å². The first-order valence-corrected chi connectivity index (χ1v) is 7.69. The highest BCUT2D eigenvalue weighted by atomic mass is 16.5. The summed E-state index contributed by atoms with van der Waals surface area (Å²) in [6, 6.07) is 7.16. The summed E-state index contributed by atoms with van der Waals surface area (Å²) in [5, 5.41) is 20.3. The molecule has 1 aliphatic rings. The lowest BCUT2D eigenvalue weighted by molar-refractivity contribution is -0.133. The smallest absolute Gasteiger partial charge is 0.260 e. The molecule has 1 N–H and O–H groups in total. The summed E-state index contributed by atoms with van der Waals surface area (Å²) in [6.45, 7) is 1.84. The maximum atomic E-state index is 12.3. The minimum absolute atomic E-state index is 0.00137. The van der Waals surface area contributed by atoms with E-state index in [2.05, 4.69) is 15.5 Å². The van der Waals surface area contributed by atoms with Crippen LogP contribution in [0.1, 0.15) is 0 Å². The van der Waals surface area contributed by atoms with Gasteiger partial charge in [-0.3, -0.25) is 4.79 Å². The zero-order valence-corrected chi connectivity index (χ0v) is 13.1. The van der Waals surface area contributed by atoms with Crippen molar-refractivity contribution >= 4 is 5.91 Å². The zero-order valence-electron chi connectivity index (χ0n) is 13.1. The molecule has 1 fully saturated rings. The molecule has 0 bridgehead atoms. The van der Waals surface area contributed by atoms with Gasteiger partial charge in [-0.1, -0.05) is 6.07 Å². The van der Waals surface area contributed by atoms with Gasteiger partial charge in [-0.2, -0.15) is 0 Å². The van der Waals surface area contributed by atoms with Crippen molar-refractivity contribution in [2.45, 2.75) is 0 Å². The van der Waals surface area contributed by atoms with Crippen molar-refractivity contribution in [3.63, 3.8) is 0 Å². The monoisotopic (exact) mass is 333 g/mol. The lowest BCUT2D eigenvalue weighted by Crippen LogP contribution is -2.39. The molecule has 3 rings (SSSR count). The summed E-state index contributed by atoms with van der Waals surface area (Å²) < 4.78 is 12.5. The van der Waals surface area contributed by atoms with E-state index >= 15 is 0 Å². The number of aliphatic hydroxyl groups excluding tert-OH is 1. The van der Waals surface area contributed by atoms with Crippen LogP contribution >= 0.6 is 0 Å². The van der Waals surface area contributed by atoms with Gasteiger partial charge in [-0.15, -0.1) is 5.10 Å².